The number of fused-ring (bicyclic) bond motifs is 1. The zero-order valence-electron chi connectivity index (χ0n) is 18.6. The number of anilines is 2. The summed E-state index contributed by atoms with van der Waals surface area (Å²) in [5.41, 5.74) is 2.64. The van der Waals surface area contributed by atoms with Crippen molar-refractivity contribution in [3.8, 4) is 11.5 Å². The van der Waals surface area contributed by atoms with E-state index < -0.39 is 6.09 Å². The average Bonchev–Trinajstić information content (AvgIpc) is 2.83. The zero-order chi connectivity index (χ0) is 24.8. The molecule has 0 aliphatic carbocycles. The van der Waals surface area contributed by atoms with Crippen molar-refractivity contribution in [3.63, 3.8) is 0 Å². The van der Waals surface area contributed by atoms with Crippen LogP contribution in [0.15, 0.2) is 71.5 Å². The van der Waals surface area contributed by atoms with Gasteiger partial charge in [-0.25, -0.2) is 14.8 Å². The van der Waals surface area contributed by atoms with Gasteiger partial charge in [0.15, 0.2) is 0 Å². The van der Waals surface area contributed by atoms with Gasteiger partial charge in [-0.3, -0.25) is 10.1 Å². The second-order valence-corrected chi connectivity index (χ2v) is 8.33. The molecule has 0 radical (unpaired) electrons. The van der Waals surface area contributed by atoms with Gasteiger partial charge in [-0.1, -0.05) is 28.1 Å². The fourth-order valence-corrected chi connectivity index (χ4v) is 3.80. The van der Waals surface area contributed by atoms with Gasteiger partial charge in [0.2, 0.25) is 0 Å². The highest BCUT2D eigenvalue weighted by atomic mass is 79.9. The Morgan fingerprint density at radius 3 is 2.34 bits per heavy atom. The third-order valence-corrected chi connectivity index (χ3v) is 5.47. The molecule has 1 aromatic heterocycles. The lowest BCUT2D eigenvalue weighted by atomic mass is 10.2. The Labute approximate surface area is 209 Å². The Balaban J connectivity index is 1.33. The number of benzene rings is 3. The molecule has 0 atom stereocenters. The highest BCUT2D eigenvalue weighted by Gasteiger charge is 2.11. The number of hydrogen-bond acceptors (Lipinski definition) is 6. The van der Waals surface area contributed by atoms with E-state index in [9.17, 15) is 9.59 Å². The molecule has 9 nitrogen and oxygen atoms in total. The zero-order valence-corrected chi connectivity index (χ0v) is 20.2. The van der Waals surface area contributed by atoms with E-state index in [4.69, 9.17) is 14.6 Å². The molecule has 0 aliphatic heterocycles. The number of ether oxygens (including phenoxy) is 2. The van der Waals surface area contributed by atoms with Gasteiger partial charge < -0.3 is 19.9 Å². The molecular weight excluding hydrogens is 516 g/mol. The fourth-order valence-electron chi connectivity index (χ4n) is 3.36. The van der Waals surface area contributed by atoms with E-state index in [1.165, 1.54) is 6.33 Å². The minimum Gasteiger partial charge on any atom is -0.490 e. The summed E-state index contributed by atoms with van der Waals surface area (Å²) in [5, 5.41) is 14.8. The SMILES string of the molecule is Cc1ncnc2c(OCCOc3ccc(C(=O)Nc4ccccc4NC(=O)O)cc3)cc(Br)cc12. The van der Waals surface area contributed by atoms with E-state index in [1.807, 2.05) is 19.1 Å². The maximum Gasteiger partial charge on any atom is 0.409 e. The predicted molar refractivity (Wildman–Crippen MR) is 135 cm³/mol. The Bertz CT molecular complexity index is 1380. The van der Waals surface area contributed by atoms with Gasteiger partial charge in [0.1, 0.15) is 36.6 Å². The predicted octanol–water partition coefficient (Wildman–Crippen LogP) is 5.50. The van der Waals surface area contributed by atoms with Crippen molar-refractivity contribution in [2.24, 2.45) is 0 Å². The smallest absolute Gasteiger partial charge is 0.409 e. The van der Waals surface area contributed by atoms with Crippen LogP contribution in [0, 0.1) is 6.92 Å². The number of carboxylic acid groups (broad SMARTS) is 1. The van der Waals surface area contributed by atoms with Crippen molar-refractivity contribution in [1.29, 1.82) is 0 Å². The standard InChI is InChI=1S/C25H21BrN4O5/c1-15-19-12-17(26)13-22(23(19)28-14-27-15)35-11-10-34-18-8-6-16(7-9-18)24(31)29-20-4-2-3-5-21(20)30-25(32)33/h2-9,12-14,30H,10-11H2,1H3,(H,29,31)(H,32,33). The highest BCUT2D eigenvalue weighted by molar-refractivity contribution is 9.10. The lowest BCUT2D eigenvalue weighted by Crippen LogP contribution is -2.15. The van der Waals surface area contributed by atoms with Crippen LogP contribution in [-0.4, -0.2) is 40.3 Å². The summed E-state index contributed by atoms with van der Waals surface area (Å²) in [5.74, 6) is 0.835. The monoisotopic (exact) mass is 536 g/mol. The Morgan fingerprint density at radius 2 is 1.63 bits per heavy atom. The summed E-state index contributed by atoms with van der Waals surface area (Å²) in [6.07, 6.45) is 0.294. The molecule has 4 rings (SSSR count). The Morgan fingerprint density at radius 1 is 0.943 bits per heavy atom. The number of amides is 2. The van der Waals surface area contributed by atoms with Gasteiger partial charge in [-0.2, -0.15) is 0 Å². The summed E-state index contributed by atoms with van der Waals surface area (Å²) >= 11 is 3.49. The largest absolute Gasteiger partial charge is 0.490 e. The summed E-state index contributed by atoms with van der Waals surface area (Å²) in [6, 6.07) is 17.0. The molecule has 35 heavy (non-hydrogen) atoms. The number of halogens is 1. The summed E-state index contributed by atoms with van der Waals surface area (Å²) in [7, 11) is 0. The van der Waals surface area contributed by atoms with Crippen molar-refractivity contribution in [2.75, 3.05) is 23.8 Å². The second kappa shape index (κ2) is 10.8. The van der Waals surface area contributed by atoms with E-state index in [0.29, 0.717) is 29.4 Å². The molecule has 0 saturated carbocycles. The van der Waals surface area contributed by atoms with E-state index in [1.54, 1.807) is 48.5 Å². The first-order chi connectivity index (χ1) is 16.9. The van der Waals surface area contributed by atoms with Gasteiger partial charge in [-0.05, 0) is 55.5 Å². The fraction of sp³-hybridized carbons (Fsp3) is 0.120. The molecule has 4 aromatic rings. The van der Waals surface area contributed by atoms with Crippen molar-refractivity contribution < 1.29 is 24.2 Å². The van der Waals surface area contributed by atoms with Crippen LogP contribution in [0.3, 0.4) is 0 Å². The molecule has 1 heterocycles. The molecule has 0 saturated heterocycles. The number of aromatic nitrogens is 2. The van der Waals surface area contributed by atoms with Crippen LogP contribution in [0.4, 0.5) is 16.2 Å². The van der Waals surface area contributed by atoms with E-state index in [-0.39, 0.29) is 18.2 Å². The minimum atomic E-state index is -1.21. The molecule has 3 aromatic carbocycles. The quantitative estimate of drug-likeness (QED) is 0.254. The molecular formula is C25H21BrN4O5. The van der Waals surface area contributed by atoms with Crippen LogP contribution < -0.4 is 20.1 Å². The first-order valence-electron chi connectivity index (χ1n) is 10.6. The number of aryl methyl sites for hydroxylation is 1. The van der Waals surface area contributed by atoms with Crippen LogP contribution in [0.1, 0.15) is 16.1 Å². The summed E-state index contributed by atoms with van der Waals surface area (Å²) < 4.78 is 12.5. The molecule has 0 unspecified atom stereocenters. The Kier molecular flexibility index (Phi) is 7.41. The first-order valence-corrected chi connectivity index (χ1v) is 11.4. The van der Waals surface area contributed by atoms with Crippen LogP contribution in [0.25, 0.3) is 10.9 Å². The third kappa shape index (κ3) is 6.04. The lowest BCUT2D eigenvalue weighted by molar-refractivity contribution is 0.102. The van der Waals surface area contributed by atoms with E-state index in [2.05, 4.69) is 36.5 Å². The molecule has 2 amide bonds. The normalized spacial score (nSPS) is 10.6. The van der Waals surface area contributed by atoms with Gasteiger partial charge in [0.05, 0.1) is 11.4 Å². The van der Waals surface area contributed by atoms with Gasteiger partial charge >= 0.3 is 6.09 Å². The Hall–Kier alpha value is -4.18. The van der Waals surface area contributed by atoms with Crippen LogP contribution >= 0.6 is 15.9 Å². The van der Waals surface area contributed by atoms with Gasteiger partial charge in [-0.15, -0.1) is 0 Å². The molecule has 0 spiro atoms. The van der Waals surface area contributed by atoms with Crippen molar-refractivity contribution >= 4 is 50.2 Å². The van der Waals surface area contributed by atoms with Gasteiger partial charge in [0.25, 0.3) is 5.91 Å². The van der Waals surface area contributed by atoms with Crippen LogP contribution in [0.5, 0.6) is 11.5 Å². The molecule has 10 heteroatoms. The summed E-state index contributed by atoms with van der Waals surface area (Å²) in [4.78, 5) is 32.1. The van der Waals surface area contributed by atoms with Crippen LogP contribution in [-0.2, 0) is 0 Å². The van der Waals surface area contributed by atoms with Crippen LogP contribution in [0.2, 0.25) is 0 Å². The molecule has 3 N–H and O–H groups in total. The number of para-hydroxylation sites is 2. The van der Waals surface area contributed by atoms with E-state index in [0.717, 1.165) is 21.1 Å². The molecule has 0 fully saturated rings. The molecule has 0 bridgehead atoms. The number of nitrogens with zero attached hydrogens (tertiary/aromatic N) is 2. The second-order valence-electron chi connectivity index (χ2n) is 7.41. The topological polar surface area (TPSA) is 123 Å². The number of hydrogen-bond donors (Lipinski definition) is 3. The van der Waals surface area contributed by atoms with Crippen molar-refractivity contribution in [1.82, 2.24) is 9.97 Å². The van der Waals surface area contributed by atoms with Crippen molar-refractivity contribution in [3.05, 3.63) is 82.7 Å². The van der Waals surface area contributed by atoms with Crippen molar-refractivity contribution in [2.45, 2.75) is 6.92 Å². The maximum atomic E-state index is 12.6. The number of carbonyl (C=O) groups is 2. The number of nitrogens with one attached hydrogen (secondary N) is 2. The van der Waals surface area contributed by atoms with Gasteiger partial charge in [0, 0.05) is 21.1 Å². The third-order valence-electron chi connectivity index (χ3n) is 5.01. The number of carbonyl (C=O) groups excluding carboxylic acids is 1. The average molecular weight is 537 g/mol. The van der Waals surface area contributed by atoms with E-state index >= 15 is 0 Å². The molecule has 178 valence electrons. The minimum absolute atomic E-state index is 0.285. The number of rotatable bonds is 8. The maximum absolute atomic E-state index is 12.6. The highest BCUT2D eigenvalue weighted by Crippen LogP contribution is 2.29. The summed E-state index contributed by atoms with van der Waals surface area (Å²) in [6.45, 7) is 2.50. The first kappa shape index (κ1) is 24.0. The molecule has 0 aliphatic rings. The lowest BCUT2D eigenvalue weighted by Gasteiger charge is -2.12.